The van der Waals surface area contributed by atoms with Crippen LogP contribution in [0.2, 0.25) is 5.02 Å². The third-order valence-electron chi connectivity index (χ3n) is 3.33. The Bertz CT molecular complexity index is 526. The van der Waals surface area contributed by atoms with Crippen LogP contribution in [0.4, 0.5) is 0 Å². The van der Waals surface area contributed by atoms with Crippen molar-refractivity contribution in [2.24, 2.45) is 5.92 Å². The van der Waals surface area contributed by atoms with Crippen molar-refractivity contribution in [3.8, 4) is 0 Å². The molecular formula is C11H17ClN2O3S. The van der Waals surface area contributed by atoms with E-state index in [0.29, 0.717) is 30.1 Å². The minimum Gasteiger partial charge on any atom is -0.387 e. The monoisotopic (exact) mass is 292 g/mol. The van der Waals surface area contributed by atoms with E-state index in [1.807, 2.05) is 6.92 Å². The molecule has 2 rings (SSSR count). The van der Waals surface area contributed by atoms with E-state index in [1.165, 1.54) is 6.20 Å². The molecule has 0 amide bonds. The minimum absolute atomic E-state index is 0.0151. The molecule has 0 aromatic carbocycles. The summed E-state index contributed by atoms with van der Waals surface area (Å²) in [6, 6.07) is 0. The zero-order valence-corrected chi connectivity index (χ0v) is 11.8. The molecule has 1 N–H and O–H groups in total. The lowest BCUT2D eigenvalue weighted by Gasteiger charge is -2.16. The predicted molar refractivity (Wildman–Crippen MR) is 69.2 cm³/mol. The Morgan fingerprint density at radius 1 is 1.67 bits per heavy atom. The van der Waals surface area contributed by atoms with Crippen LogP contribution in [-0.2, 0) is 16.4 Å². The molecule has 1 aliphatic rings. The number of aliphatic hydroxyl groups is 1. The molecule has 102 valence electrons. The van der Waals surface area contributed by atoms with Crippen molar-refractivity contribution in [2.75, 3.05) is 11.5 Å². The highest BCUT2D eigenvalue weighted by atomic mass is 35.5. The average Bonchev–Trinajstić information content (AvgIpc) is 2.81. The number of nitrogens with zero attached hydrogens (tertiary/aromatic N) is 2. The van der Waals surface area contributed by atoms with E-state index in [4.69, 9.17) is 11.6 Å². The smallest absolute Gasteiger partial charge is 0.150 e. The summed E-state index contributed by atoms with van der Waals surface area (Å²) in [5.74, 6) is 0.411. The third kappa shape index (κ3) is 2.87. The van der Waals surface area contributed by atoms with Gasteiger partial charge in [-0.15, -0.1) is 0 Å². The fourth-order valence-corrected chi connectivity index (χ4v) is 4.59. The van der Waals surface area contributed by atoms with Crippen molar-refractivity contribution < 1.29 is 13.5 Å². The first-order valence-corrected chi connectivity index (χ1v) is 8.22. The Kier molecular flexibility index (Phi) is 3.99. The molecule has 1 aliphatic heterocycles. The van der Waals surface area contributed by atoms with E-state index >= 15 is 0 Å². The van der Waals surface area contributed by atoms with Crippen molar-refractivity contribution in [1.82, 2.24) is 9.78 Å². The first kappa shape index (κ1) is 13.8. The number of hydrogen-bond acceptors (Lipinski definition) is 4. The molecule has 1 aromatic rings. The summed E-state index contributed by atoms with van der Waals surface area (Å²) in [7, 11) is -2.90. The molecule has 5 nitrogen and oxygen atoms in total. The zero-order valence-electron chi connectivity index (χ0n) is 10.2. The Balaban J connectivity index is 2.08. The highest BCUT2D eigenvalue weighted by Gasteiger charge is 2.31. The number of hydrogen-bond donors (Lipinski definition) is 1. The largest absolute Gasteiger partial charge is 0.387 e. The van der Waals surface area contributed by atoms with Crippen molar-refractivity contribution in [3.63, 3.8) is 0 Å². The Labute approximate surface area is 112 Å². The van der Waals surface area contributed by atoms with Crippen molar-refractivity contribution >= 4 is 21.4 Å². The van der Waals surface area contributed by atoms with Gasteiger partial charge in [0.05, 0.1) is 34.5 Å². The molecule has 0 spiro atoms. The van der Waals surface area contributed by atoms with Crippen molar-refractivity contribution in [3.05, 3.63) is 16.9 Å². The van der Waals surface area contributed by atoms with E-state index in [9.17, 15) is 13.5 Å². The summed E-state index contributed by atoms with van der Waals surface area (Å²) in [4.78, 5) is 0. The first-order valence-electron chi connectivity index (χ1n) is 6.02. The molecule has 18 heavy (non-hydrogen) atoms. The predicted octanol–water partition coefficient (Wildman–Crippen LogP) is 1.41. The van der Waals surface area contributed by atoms with E-state index in [0.717, 1.165) is 0 Å². The number of aliphatic hydroxyl groups excluding tert-OH is 1. The van der Waals surface area contributed by atoms with Gasteiger partial charge in [-0.05, 0) is 25.7 Å². The average molecular weight is 293 g/mol. The minimum atomic E-state index is -2.90. The van der Waals surface area contributed by atoms with Crippen LogP contribution < -0.4 is 0 Å². The summed E-state index contributed by atoms with van der Waals surface area (Å²) in [6.45, 7) is 2.54. The summed E-state index contributed by atoms with van der Waals surface area (Å²) in [5, 5.41) is 14.7. The van der Waals surface area contributed by atoms with Crippen LogP contribution in [0.1, 0.15) is 31.6 Å². The molecule has 2 heterocycles. The van der Waals surface area contributed by atoms with Crippen LogP contribution in [-0.4, -0.2) is 34.8 Å². The molecule has 2 unspecified atom stereocenters. The Morgan fingerprint density at radius 3 is 2.94 bits per heavy atom. The summed E-state index contributed by atoms with van der Waals surface area (Å²) in [5.41, 5.74) is 0.587. The van der Waals surface area contributed by atoms with Crippen LogP contribution in [0.5, 0.6) is 0 Å². The highest BCUT2D eigenvalue weighted by molar-refractivity contribution is 7.91. The topological polar surface area (TPSA) is 72.2 Å². The van der Waals surface area contributed by atoms with Gasteiger partial charge in [0, 0.05) is 6.54 Å². The van der Waals surface area contributed by atoms with Gasteiger partial charge in [-0.3, -0.25) is 4.68 Å². The third-order valence-corrected chi connectivity index (χ3v) is 5.46. The highest BCUT2D eigenvalue weighted by Crippen LogP contribution is 2.31. The van der Waals surface area contributed by atoms with Crippen LogP contribution >= 0.6 is 11.6 Å². The van der Waals surface area contributed by atoms with Crippen molar-refractivity contribution in [1.29, 1.82) is 0 Å². The van der Waals surface area contributed by atoms with Crippen LogP contribution in [0.3, 0.4) is 0 Å². The van der Waals surface area contributed by atoms with E-state index in [1.54, 1.807) is 4.68 Å². The standard InChI is InChI=1S/C11H17ClN2O3S/c1-2-14-11(9(12)6-13-14)10(15)5-8-3-4-18(16,17)7-8/h6,8,10,15H,2-5,7H2,1H3. The summed E-state index contributed by atoms with van der Waals surface area (Å²) >= 11 is 6.00. The molecule has 7 heteroatoms. The quantitative estimate of drug-likeness (QED) is 0.911. The molecule has 2 atom stereocenters. The van der Waals surface area contributed by atoms with Gasteiger partial charge in [0.2, 0.25) is 0 Å². The lowest BCUT2D eigenvalue weighted by Crippen LogP contribution is -2.13. The van der Waals surface area contributed by atoms with Gasteiger partial charge >= 0.3 is 0 Å². The van der Waals surface area contributed by atoms with Gasteiger partial charge in [0.1, 0.15) is 0 Å². The second-order valence-electron chi connectivity index (χ2n) is 4.71. The fraction of sp³-hybridized carbons (Fsp3) is 0.727. The van der Waals surface area contributed by atoms with Gasteiger partial charge < -0.3 is 5.11 Å². The number of aryl methyl sites for hydroxylation is 1. The molecule has 0 radical (unpaired) electrons. The fourth-order valence-electron chi connectivity index (χ4n) is 2.44. The van der Waals surface area contributed by atoms with Crippen LogP contribution in [0.25, 0.3) is 0 Å². The van der Waals surface area contributed by atoms with Gasteiger partial charge in [-0.1, -0.05) is 11.6 Å². The molecule has 0 aliphatic carbocycles. The molecule has 1 fully saturated rings. The van der Waals surface area contributed by atoms with Gasteiger partial charge in [-0.2, -0.15) is 5.10 Å². The van der Waals surface area contributed by atoms with Crippen molar-refractivity contribution in [2.45, 2.75) is 32.4 Å². The van der Waals surface area contributed by atoms with Gasteiger partial charge in [0.15, 0.2) is 9.84 Å². The van der Waals surface area contributed by atoms with Crippen LogP contribution in [0, 0.1) is 5.92 Å². The molecular weight excluding hydrogens is 276 g/mol. The Hall–Kier alpha value is -0.590. The maximum Gasteiger partial charge on any atom is 0.150 e. The number of rotatable bonds is 4. The molecule has 1 aromatic heterocycles. The maximum atomic E-state index is 11.4. The lowest BCUT2D eigenvalue weighted by atomic mass is 9.99. The second-order valence-corrected chi connectivity index (χ2v) is 7.35. The number of sulfone groups is 1. The SMILES string of the molecule is CCn1ncc(Cl)c1C(O)CC1CCS(=O)(=O)C1. The summed E-state index contributed by atoms with van der Waals surface area (Å²) < 4.78 is 24.4. The normalized spacial score (nSPS) is 24.3. The van der Waals surface area contributed by atoms with Crippen LogP contribution in [0.15, 0.2) is 6.20 Å². The van der Waals surface area contributed by atoms with E-state index in [2.05, 4.69) is 5.10 Å². The van der Waals surface area contributed by atoms with E-state index in [-0.39, 0.29) is 17.4 Å². The van der Waals surface area contributed by atoms with E-state index < -0.39 is 15.9 Å². The lowest BCUT2D eigenvalue weighted by molar-refractivity contribution is 0.139. The molecule has 0 bridgehead atoms. The van der Waals surface area contributed by atoms with Gasteiger partial charge in [0.25, 0.3) is 0 Å². The zero-order chi connectivity index (χ0) is 13.3. The number of halogens is 1. The van der Waals surface area contributed by atoms with Gasteiger partial charge in [-0.25, -0.2) is 8.42 Å². The Morgan fingerprint density at radius 2 is 2.39 bits per heavy atom. The summed E-state index contributed by atoms with van der Waals surface area (Å²) in [6.07, 6.45) is 1.80. The number of aromatic nitrogens is 2. The second kappa shape index (κ2) is 5.19. The maximum absolute atomic E-state index is 11.4. The first-order chi connectivity index (χ1) is 8.43. The molecule has 1 saturated heterocycles. The molecule has 0 saturated carbocycles.